The summed E-state index contributed by atoms with van der Waals surface area (Å²) < 4.78 is 24.3. The zero-order valence-corrected chi connectivity index (χ0v) is 10.5. The van der Waals surface area contributed by atoms with E-state index in [-0.39, 0.29) is 0 Å². The number of nitrogens with zero attached hydrogens (tertiary/aromatic N) is 2. The molecule has 0 spiro atoms. The summed E-state index contributed by atoms with van der Waals surface area (Å²) in [6.45, 7) is 1.56. The van der Waals surface area contributed by atoms with Crippen molar-refractivity contribution in [2.45, 2.75) is 12.2 Å². The van der Waals surface area contributed by atoms with Crippen molar-refractivity contribution in [2.75, 3.05) is 0 Å². The van der Waals surface area contributed by atoms with Gasteiger partial charge in [0.05, 0.1) is 22.6 Å². The first kappa shape index (κ1) is 11.4. The summed E-state index contributed by atoms with van der Waals surface area (Å²) in [4.78, 5) is 4.17. The zero-order valence-electron chi connectivity index (χ0n) is 8.88. The first-order valence-electron chi connectivity index (χ1n) is 4.74. The van der Waals surface area contributed by atoms with Crippen molar-refractivity contribution < 1.29 is 8.42 Å². The first-order chi connectivity index (χ1) is 7.39. The summed E-state index contributed by atoms with van der Waals surface area (Å²) >= 11 is 0. The van der Waals surface area contributed by atoms with Crippen LogP contribution in [0.3, 0.4) is 0 Å². The molecule has 1 aromatic carbocycles. The number of aryl methyl sites for hydroxylation is 1. The Kier molecular flexibility index (Phi) is 2.67. The van der Waals surface area contributed by atoms with E-state index in [4.69, 9.17) is 10.7 Å². The number of fused-ring (bicyclic) bond motifs is 1. The lowest BCUT2D eigenvalue weighted by Gasteiger charge is -2.07. The fourth-order valence-corrected chi connectivity index (χ4v) is 2.35. The molecule has 4 nitrogen and oxygen atoms in total. The summed E-state index contributed by atoms with van der Waals surface area (Å²) in [6, 6.07) is 5.35. The van der Waals surface area contributed by atoms with Crippen LogP contribution in [0.5, 0.6) is 0 Å². The number of benzene rings is 1. The lowest BCUT2D eigenvalue weighted by atomic mass is 10.1. The molecule has 0 aliphatic heterocycles. The highest BCUT2D eigenvalue weighted by molar-refractivity contribution is 8.13. The molecule has 1 aromatic heterocycles. The number of hydrogen-bond donors (Lipinski definition) is 0. The fraction of sp³-hybridized carbons (Fsp3) is 0.300. The maximum Gasteiger partial charge on any atom is 0.239 e. The van der Waals surface area contributed by atoms with Crippen molar-refractivity contribution in [3.05, 3.63) is 30.1 Å². The van der Waals surface area contributed by atoms with E-state index >= 15 is 0 Å². The molecule has 6 heteroatoms. The van der Waals surface area contributed by atoms with Gasteiger partial charge in [-0.15, -0.1) is 0 Å². The molecular formula is C10H11ClN2O2S. The molecule has 0 bridgehead atoms. The third-order valence-electron chi connectivity index (χ3n) is 2.64. The molecule has 86 valence electrons. The van der Waals surface area contributed by atoms with Gasteiger partial charge in [-0.05, 0) is 24.6 Å². The van der Waals surface area contributed by atoms with E-state index < -0.39 is 14.3 Å². The second kappa shape index (κ2) is 3.75. The summed E-state index contributed by atoms with van der Waals surface area (Å²) in [6.07, 6.45) is 1.69. The number of hydrogen-bond acceptors (Lipinski definition) is 3. The van der Waals surface area contributed by atoms with E-state index in [2.05, 4.69) is 4.98 Å². The molecule has 2 rings (SSSR count). The average molecular weight is 259 g/mol. The van der Waals surface area contributed by atoms with Crippen molar-refractivity contribution in [1.29, 1.82) is 0 Å². The van der Waals surface area contributed by atoms with Gasteiger partial charge in [0.1, 0.15) is 0 Å². The molecule has 0 amide bonds. The van der Waals surface area contributed by atoms with Gasteiger partial charge in [0, 0.05) is 17.7 Å². The Hall–Kier alpha value is -1.07. The van der Waals surface area contributed by atoms with E-state index in [1.807, 2.05) is 17.7 Å². The zero-order chi connectivity index (χ0) is 11.9. The second-order valence-corrected chi connectivity index (χ2v) is 6.67. The van der Waals surface area contributed by atoms with E-state index in [9.17, 15) is 8.42 Å². The predicted molar refractivity (Wildman–Crippen MR) is 63.9 cm³/mol. The third-order valence-corrected chi connectivity index (χ3v) is 4.56. The van der Waals surface area contributed by atoms with Crippen LogP contribution in [-0.2, 0) is 16.1 Å². The highest BCUT2D eigenvalue weighted by atomic mass is 35.7. The Morgan fingerprint density at radius 2 is 2.12 bits per heavy atom. The van der Waals surface area contributed by atoms with Gasteiger partial charge >= 0.3 is 0 Å². The summed E-state index contributed by atoms with van der Waals surface area (Å²) in [5.41, 5.74) is 2.39. The van der Waals surface area contributed by atoms with Gasteiger partial charge in [-0.2, -0.15) is 0 Å². The SMILES string of the molecule is CC(c1ccc2c(c1)ncn2C)S(=O)(=O)Cl. The maximum absolute atomic E-state index is 11.2. The van der Waals surface area contributed by atoms with E-state index in [0.29, 0.717) is 5.56 Å². The molecule has 0 aliphatic carbocycles. The maximum atomic E-state index is 11.2. The smallest absolute Gasteiger partial charge is 0.239 e. The lowest BCUT2D eigenvalue weighted by Crippen LogP contribution is -2.02. The van der Waals surface area contributed by atoms with Crippen LogP contribution in [0.2, 0.25) is 0 Å². The van der Waals surface area contributed by atoms with Crippen molar-refractivity contribution in [2.24, 2.45) is 7.05 Å². The number of aromatic nitrogens is 2. The highest BCUT2D eigenvalue weighted by Gasteiger charge is 2.20. The Morgan fingerprint density at radius 3 is 2.75 bits per heavy atom. The number of imidazole rings is 1. The Morgan fingerprint density at radius 1 is 1.44 bits per heavy atom. The Labute approximate surface area is 98.3 Å². The highest BCUT2D eigenvalue weighted by Crippen LogP contribution is 2.27. The molecule has 1 atom stereocenters. The Bertz CT molecular complexity index is 633. The standard InChI is InChI=1S/C10H11ClN2O2S/c1-7(16(11,14)15)8-3-4-10-9(5-8)12-6-13(10)2/h3-7H,1-2H3. The largest absolute Gasteiger partial charge is 0.334 e. The van der Waals surface area contributed by atoms with Gasteiger partial charge in [-0.25, -0.2) is 13.4 Å². The monoisotopic (exact) mass is 258 g/mol. The molecule has 0 fully saturated rings. The minimum Gasteiger partial charge on any atom is -0.334 e. The normalized spacial score (nSPS) is 14.2. The van der Waals surface area contributed by atoms with Gasteiger partial charge in [0.15, 0.2) is 0 Å². The van der Waals surface area contributed by atoms with Crippen LogP contribution in [0.1, 0.15) is 17.7 Å². The van der Waals surface area contributed by atoms with Crippen LogP contribution >= 0.6 is 10.7 Å². The topological polar surface area (TPSA) is 52.0 Å². The van der Waals surface area contributed by atoms with Crippen molar-refractivity contribution in [1.82, 2.24) is 9.55 Å². The molecule has 1 unspecified atom stereocenters. The molecule has 0 saturated heterocycles. The van der Waals surface area contributed by atoms with Gasteiger partial charge in [-0.1, -0.05) is 6.07 Å². The van der Waals surface area contributed by atoms with Gasteiger partial charge < -0.3 is 4.57 Å². The van der Waals surface area contributed by atoms with Crippen molar-refractivity contribution in [3.8, 4) is 0 Å². The minimum absolute atomic E-state index is 0.654. The quantitative estimate of drug-likeness (QED) is 0.776. The summed E-state index contributed by atoms with van der Waals surface area (Å²) in [5, 5.41) is -0.722. The van der Waals surface area contributed by atoms with Gasteiger partial charge in [-0.3, -0.25) is 0 Å². The molecule has 0 N–H and O–H groups in total. The second-order valence-electron chi connectivity index (χ2n) is 3.72. The van der Waals surface area contributed by atoms with Crippen LogP contribution in [0.25, 0.3) is 11.0 Å². The van der Waals surface area contributed by atoms with Crippen LogP contribution in [0.15, 0.2) is 24.5 Å². The first-order valence-corrected chi connectivity index (χ1v) is 7.11. The number of halogens is 1. The van der Waals surface area contributed by atoms with Gasteiger partial charge in [0.25, 0.3) is 0 Å². The van der Waals surface area contributed by atoms with Crippen molar-refractivity contribution in [3.63, 3.8) is 0 Å². The lowest BCUT2D eigenvalue weighted by molar-refractivity contribution is 0.600. The fourth-order valence-electron chi connectivity index (χ4n) is 1.57. The van der Waals surface area contributed by atoms with Crippen LogP contribution < -0.4 is 0 Å². The predicted octanol–water partition coefficient (Wildman–Crippen LogP) is 2.20. The van der Waals surface area contributed by atoms with E-state index in [1.165, 1.54) is 0 Å². The molecule has 1 heterocycles. The Balaban J connectivity index is 2.56. The van der Waals surface area contributed by atoms with E-state index in [0.717, 1.165) is 11.0 Å². The van der Waals surface area contributed by atoms with E-state index in [1.54, 1.807) is 25.4 Å². The third kappa shape index (κ3) is 1.92. The minimum atomic E-state index is -3.58. The van der Waals surface area contributed by atoms with Gasteiger partial charge in [0.2, 0.25) is 9.05 Å². The molecule has 0 saturated carbocycles. The van der Waals surface area contributed by atoms with Crippen LogP contribution in [0, 0.1) is 0 Å². The summed E-state index contributed by atoms with van der Waals surface area (Å²) in [5.74, 6) is 0. The molecule has 0 aliphatic rings. The van der Waals surface area contributed by atoms with Crippen molar-refractivity contribution >= 4 is 30.8 Å². The molecule has 0 radical (unpaired) electrons. The number of rotatable bonds is 2. The molecule has 2 aromatic rings. The average Bonchev–Trinajstić information content (AvgIpc) is 2.57. The summed E-state index contributed by atoms with van der Waals surface area (Å²) in [7, 11) is 3.63. The molecular weight excluding hydrogens is 248 g/mol. The van der Waals surface area contributed by atoms with Crippen LogP contribution in [-0.4, -0.2) is 18.0 Å². The molecule has 16 heavy (non-hydrogen) atoms. The van der Waals surface area contributed by atoms with Crippen LogP contribution in [0.4, 0.5) is 0 Å².